The Hall–Kier alpha value is -2.64. The van der Waals surface area contributed by atoms with Crippen LogP contribution in [0.1, 0.15) is 50.9 Å². The number of amides is 1. The summed E-state index contributed by atoms with van der Waals surface area (Å²) in [5.41, 5.74) is -1.48. The van der Waals surface area contributed by atoms with E-state index in [9.17, 15) is 19.7 Å². The summed E-state index contributed by atoms with van der Waals surface area (Å²) in [7, 11) is 0. The predicted octanol–water partition coefficient (Wildman–Crippen LogP) is 3.83. The molecule has 8 heteroatoms. The van der Waals surface area contributed by atoms with Gasteiger partial charge in [-0.25, -0.2) is 9.59 Å². The van der Waals surface area contributed by atoms with Crippen LogP contribution in [-0.4, -0.2) is 34.2 Å². The summed E-state index contributed by atoms with van der Waals surface area (Å²) in [6.07, 6.45) is 0.857. The van der Waals surface area contributed by atoms with Crippen LogP contribution in [0.2, 0.25) is 0 Å². The second-order valence-corrected chi connectivity index (χ2v) is 6.25. The van der Waals surface area contributed by atoms with Gasteiger partial charge in [0.25, 0.3) is 5.69 Å². The fraction of sp³-hybridized carbons (Fsp3) is 0.500. The van der Waals surface area contributed by atoms with E-state index in [4.69, 9.17) is 9.84 Å². The topological polar surface area (TPSA) is 110 Å². The van der Waals surface area contributed by atoms with Gasteiger partial charge in [0.15, 0.2) is 0 Å². The number of carboxylic acids is 1. The maximum Gasteiger partial charge on any atom is 0.414 e. The Bertz CT molecular complexity index is 636. The minimum absolute atomic E-state index is 0.231. The molecule has 1 N–H and O–H groups in total. The standard InChI is InChI=1S/C16H22N2O6/c1-5-6-9-17(15(21)24-16(2,3)4)11-7-8-12(14(19)20)13(10-11)18(22)23/h7-8,10H,5-6,9H2,1-4H3,(H,19,20). The lowest BCUT2D eigenvalue weighted by molar-refractivity contribution is -0.385. The summed E-state index contributed by atoms with van der Waals surface area (Å²) in [6, 6.07) is 3.58. The number of carbonyl (C=O) groups excluding carboxylic acids is 1. The molecule has 0 aliphatic heterocycles. The highest BCUT2D eigenvalue weighted by atomic mass is 16.6. The van der Waals surface area contributed by atoms with Crippen molar-refractivity contribution in [2.24, 2.45) is 0 Å². The molecule has 0 spiro atoms. The number of benzene rings is 1. The zero-order chi connectivity index (χ0) is 18.5. The van der Waals surface area contributed by atoms with Crippen molar-refractivity contribution in [3.8, 4) is 0 Å². The molecule has 0 saturated carbocycles. The second-order valence-electron chi connectivity index (χ2n) is 6.25. The van der Waals surface area contributed by atoms with E-state index in [1.807, 2.05) is 6.92 Å². The molecule has 1 rings (SSSR count). The van der Waals surface area contributed by atoms with Crippen molar-refractivity contribution in [1.29, 1.82) is 0 Å². The number of aromatic carboxylic acids is 1. The van der Waals surface area contributed by atoms with Crippen molar-refractivity contribution in [2.75, 3.05) is 11.4 Å². The fourth-order valence-electron chi connectivity index (χ4n) is 1.98. The van der Waals surface area contributed by atoms with Gasteiger partial charge in [0.2, 0.25) is 0 Å². The third-order valence-corrected chi connectivity index (χ3v) is 3.07. The van der Waals surface area contributed by atoms with Crippen LogP contribution in [0.5, 0.6) is 0 Å². The highest BCUT2D eigenvalue weighted by Crippen LogP contribution is 2.27. The monoisotopic (exact) mass is 338 g/mol. The molecule has 0 atom stereocenters. The highest BCUT2D eigenvalue weighted by Gasteiger charge is 2.26. The maximum absolute atomic E-state index is 12.4. The lowest BCUT2D eigenvalue weighted by atomic mass is 10.1. The van der Waals surface area contributed by atoms with Crippen molar-refractivity contribution < 1.29 is 24.4 Å². The Morgan fingerprint density at radius 1 is 1.33 bits per heavy atom. The predicted molar refractivity (Wildman–Crippen MR) is 88.5 cm³/mol. The van der Waals surface area contributed by atoms with E-state index in [0.29, 0.717) is 13.0 Å². The number of nitrogens with zero attached hydrogens (tertiary/aromatic N) is 2. The maximum atomic E-state index is 12.4. The van der Waals surface area contributed by atoms with Crippen LogP contribution in [0.15, 0.2) is 18.2 Å². The van der Waals surface area contributed by atoms with Crippen LogP contribution < -0.4 is 4.90 Å². The average Bonchev–Trinajstić information content (AvgIpc) is 2.45. The van der Waals surface area contributed by atoms with Crippen LogP contribution in [0.3, 0.4) is 0 Å². The van der Waals surface area contributed by atoms with E-state index < -0.39 is 33.8 Å². The molecule has 8 nitrogen and oxygen atoms in total. The molecule has 0 saturated heterocycles. The number of carbonyl (C=O) groups is 2. The lowest BCUT2D eigenvalue weighted by Gasteiger charge is -2.27. The van der Waals surface area contributed by atoms with Crippen LogP contribution in [0.4, 0.5) is 16.2 Å². The van der Waals surface area contributed by atoms with Crippen molar-refractivity contribution >= 4 is 23.4 Å². The van der Waals surface area contributed by atoms with Crippen LogP contribution >= 0.6 is 0 Å². The molecule has 0 bridgehead atoms. The zero-order valence-corrected chi connectivity index (χ0v) is 14.2. The molecule has 1 aromatic carbocycles. The van der Waals surface area contributed by atoms with Crippen molar-refractivity contribution in [3.05, 3.63) is 33.9 Å². The molecule has 0 aliphatic carbocycles. The summed E-state index contributed by atoms with van der Waals surface area (Å²) >= 11 is 0. The van der Waals surface area contributed by atoms with Gasteiger partial charge < -0.3 is 9.84 Å². The number of nitro benzene ring substituents is 1. The number of carboxylic acid groups (broad SMARTS) is 1. The smallest absolute Gasteiger partial charge is 0.414 e. The van der Waals surface area contributed by atoms with Gasteiger partial charge in [0, 0.05) is 12.6 Å². The van der Waals surface area contributed by atoms with Gasteiger partial charge in [-0.1, -0.05) is 13.3 Å². The Balaban J connectivity index is 3.27. The normalized spacial score (nSPS) is 11.0. The van der Waals surface area contributed by atoms with E-state index in [-0.39, 0.29) is 5.69 Å². The number of anilines is 1. The van der Waals surface area contributed by atoms with Gasteiger partial charge in [0.05, 0.1) is 10.6 Å². The molecule has 1 amide bonds. The van der Waals surface area contributed by atoms with Crippen molar-refractivity contribution in [1.82, 2.24) is 0 Å². The van der Waals surface area contributed by atoms with Gasteiger partial charge in [-0.05, 0) is 39.3 Å². The minimum Gasteiger partial charge on any atom is -0.477 e. The largest absolute Gasteiger partial charge is 0.477 e. The zero-order valence-electron chi connectivity index (χ0n) is 14.2. The molecule has 0 radical (unpaired) electrons. The summed E-state index contributed by atoms with van der Waals surface area (Å²) in [4.78, 5) is 35.1. The number of nitro groups is 1. The molecular formula is C16H22N2O6. The summed E-state index contributed by atoms with van der Waals surface area (Å²) in [6.45, 7) is 7.43. The summed E-state index contributed by atoms with van der Waals surface area (Å²) < 4.78 is 5.33. The molecule has 0 aromatic heterocycles. The van der Waals surface area contributed by atoms with Crippen molar-refractivity contribution in [3.63, 3.8) is 0 Å². The minimum atomic E-state index is -1.40. The average molecular weight is 338 g/mol. The molecule has 0 aliphatic rings. The van der Waals surface area contributed by atoms with Crippen molar-refractivity contribution in [2.45, 2.75) is 46.1 Å². The van der Waals surface area contributed by atoms with E-state index >= 15 is 0 Å². The van der Waals surface area contributed by atoms with E-state index in [0.717, 1.165) is 18.6 Å². The summed E-state index contributed by atoms with van der Waals surface area (Å²) in [5.74, 6) is -1.40. The third kappa shape index (κ3) is 5.22. The number of ether oxygens (including phenoxy) is 1. The fourth-order valence-corrected chi connectivity index (χ4v) is 1.98. The number of hydrogen-bond donors (Lipinski definition) is 1. The number of rotatable bonds is 6. The number of unbranched alkanes of at least 4 members (excludes halogenated alkanes) is 1. The van der Waals surface area contributed by atoms with Gasteiger partial charge in [-0.3, -0.25) is 15.0 Å². The lowest BCUT2D eigenvalue weighted by Crippen LogP contribution is -2.37. The Morgan fingerprint density at radius 3 is 2.42 bits per heavy atom. The first-order valence-corrected chi connectivity index (χ1v) is 7.59. The molecule has 0 heterocycles. The second kappa shape index (κ2) is 7.76. The molecule has 0 unspecified atom stereocenters. The molecule has 132 valence electrons. The van der Waals surface area contributed by atoms with Gasteiger partial charge in [-0.2, -0.15) is 0 Å². The first kappa shape index (κ1) is 19.4. The Morgan fingerprint density at radius 2 is 1.96 bits per heavy atom. The summed E-state index contributed by atoms with van der Waals surface area (Å²) in [5, 5.41) is 20.2. The van der Waals surface area contributed by atoms with Gasteiger partial charge in [-0.15, -0.1) is 0 Å². The van der Waals surface area contributed by atoms with E-state index in [1.165, 1.54) is 11.0 Å². The Kier molecular flexibility index (Phi) is 6.27. The third-order valence-electron chi connectivity index (χ3n) is 3.07. The van der Waals surface area contributed by atoms with Crippen LogP contribution in [0, 0.1) is 10.1 Å². The van der Waals surface area contributed by atoms with E-state index in [2.05, 4.69) is 0 Å². The molecule has 24 heavy (non-hydrogen) atoms. The molecular weight excluding hydrogens is 316 g/mol. The van der Waals surface area contributed by atoms with Gasteiger partial charge >= 0.3 is 12.1 Å². The van der Waals surface area contributed by atoms with E-state index in [1.54, 1.807) is 20.8 Å². The quantitative estimate of drug-likeness (QED) is 0.623. The first-order chi connectivity index (χ1) is 11.1. The first-order valence-electron chi connectivity index (χ1n) is 7.59. The Labute approximate surface area is 140 Å². The van der Waals surface area contributed by atoms with Crippen LogP contribution in [0.25, 0.3) is 0 Å². The highest BCUT2D eigenvalue weighted by molar-refractivity contribution is 5.95. The SMILES string of the molecule is CCCCN(C(=O)OC(C)(C)C)c1ccc(C(=O)O)c([N+](=O)[O-])c1. The number of hydrogen-bond acceptors (Lipinski definition) is 5. The molecule has 1 aromatic rings. The van der Waals surface area contributed by atoms with Crippen LogP contribution in [-0.2, 0) is 4.74 Å². The molecule has 0 fully saturated rings. The van der Waals surface area contributed by atoms with Gasteiger partial charge in [0.1, 0.15) is 11.2 Å².